The summed E-state index contributed by atoms with van der Waals surface area (Å²) < 4.78 is 27.5. The van der Waals surface area contributed by atoms with Crippen molar-refractivity contribution in [3.8, 4) is 11.1 Å². The smallest absolute Gasteiger partial charge is 0.320 e. The zero-order valence-electron chi connectivity index (χ0n) is 10.5. The van der Waals surface area contributed by atoms with Gasteiger partial charge in [0.25, 0.3) is 0 Å². The lowest BCUT2D eigenvalue weighted by molar-refractivity contribution is -0.138. The predicted octanol–water partition coefficient (Wildman–Crippen LogP) is 2.59. The molecule has 104 valence electrons. The van der Waals surface area contributed by atoms with Gasteiger partial charge in [0.2, 0.25) is 0 Å². The molecule has 1 unspecified atom stereocenters. The molecule has 0 aliphatic heterocycles. The van der Waals surface area contributed by atoms with Crippen molar-refractivity contribution < 1.29 is 18.7 Å². The molecule has 2 aromatic carbocycles. The van der Waals surface area contributed by atoms with E-state index in [1.54, 1.807) is 30.3 Å². The standard InChI is InChI=1S/C15H13F2NO2/c16-12-7-9(8-13(18)15(19)20)6-11(14(12)17)10-4-2-1-3-5-10/h1-7,13H,8,18H2,(H,19,20). The molecule has 0 amide bonds. The average Bonchev–Trinajstić information content (AvgIpc) is 2.43. The maximum absolute atomic E-state index is 13.8. The summed E-state index contributed by atoms with van der Waals surface area (Å²) in [5.74, 6) is -3.15. The number of aliphatic carboxylic acids is 1. The van der Waals surface area contributed by atoms with E-state index in [0.717, 1.165) is 6.07 Å². The second-order valence-electron chi connectivity index (χ2n) is 4.45. The Bertz CT molecular complexity index is 629. The summed E-state index contributed by atoms with van der Waals surface area (Å²) in [5.41, 5.74) is 6.37. The van der Waals surface area contributed by atoms with Gasteiger partial charge in [0.05, 0.1) is 0 Å². The summed E-state index contributed by atoms with van der Waals surface area (Å²) in [6.07, 6.45) is -0.0631. The Balaban J connectivity index is 2.43. The van der Waals surface area contributed by atoms with E-state index in [4.69, 9.17) is 10.8 Å². The molecule has 0 bridgehead atoms. The van der Waals surface area contributed by atoms with Gasteiger partial charge in [-0.2, -0.15) is 0 Å². The first-order valence-corrected chi connectivity index (χ1v) is 6.00. The van der Waals surface area contributed by atoms with Crippen LogP contribution in [-0.4, -0.2) is 17.1 Å². The summed E-state index contributed by atoms with van der Waals surface area (Å²) in [6, 6.07) is 9.74. The van der Waals surface area contributed by atoms with Gasteiger partial charge in [0.1, 0.15) is 6.04 Å². The second kappa shape index (κ2) is 5.79. The number of carboxylic acid groups (broad SMARTS) is 1. The van der Waals surface area contributed by atoms with Gasteiger partial charge < -0.3 is 10.8 Å². The van der Waals surface area contributed by atoms with Crippen LogP contribution in [0.25, 0.3) is 11.1 Å². The highest BCUT2D eigenvalue weighted by atomic mass is 19.2. The van der Waals surface area contributed by atoms with Gasteiger partial charge in [0.15, 0.2) is 11.6 Å². The van der Waals surface area contributed by atoms with Crippen LogP contribution in [0.2, 0.25) is 0 Å². The number of carboxylic acids is 1. The summed E-state index contributed by atoms with van der Waals surface area (Å²) in [5, 5.41) is 8.76. The molecule has 5 heteroatoms. The lowest BCUT2D eigenvalue weighted by atomic mass is 9.99. The van der Waals surface area contributed by atoms with E-state index >= 15 is 0 Å². The van der Waals surface area contributed by atoms with E-state index in [-0.39, 0.29) is 12.0 Å². The largest absolute Gasteiger partial charge is 0.480 e. The van der Waals surface area contributed by atoms with Crippen LogP contribution in [0.1, 0.15) is 5.56 Å². The maximum atomic E-state index is 13.8. The van der Waals surface area contributed by atoms with Crippen LogP contribution in [0.4, 0.5) is 8.78 Å². The fourth-order valence-electron chi connectivity index (χ4n) is 1.93. The number of benzene rings is 2. The molecule has 0 heterocycles. The number of halogens is 2. The minimum Gasteiger partial charge on any atom is -0.480 e. The van der Waals surface area contributed by atoms with Crippen molar-refractivity contribution in [2.24, 2.45) is 5.73 Å². The number of nitrogens with two attached hydrogens (primary N) is 1. The molecule has 20 heavy (non-hydrogen) atoms. The van der Waals surface area contributed by atoms with Crippen molar-refractivity contribution in [1.82, 2.24) is 0 Å². The Kier molecular flexibility index (Phi) is 4.10. The van der Waals surface area contributed by atoms with Gasteiger partial charge in [-0.25, -0.2) is 8.78 Å². The topological polar surface area (TPSA) is 63.3 Å². The number of carbonyl (C=O) groups is 1. The van der Waals surface area contributed by atoms with Crippen LogP contribution in [0.5, 0.6) is 0 Å². The highest BCUT2D eigenvalue weighted by molar-refractivity contribution is 5.74. The SMILES string of the molecule is NC(Cc1cc(F)c(F)c(-c2ccccc2)c1)C(=O)O. The van der Waals surface area contributed by atoms with E-state index in [1.165, 1.54) is 6.07 Å². The van der Waals surface area contributed by atoms with Crippen molar-refractivity contribution in [3.05, 3.63) is 59.7 Å². The maximum Gasteiger partial charge on any atom is 0.320 e. The molecular formula is C15H13F2NO2. The highest BCUT2D eigenvalue weighted by Gasteiger charge is 2.17. The first-order chi connectivity index (χ1) is 9.49. The molecule has 0 fully saturated rings. The van der Waals surface area contributed by atoms with Gasteiger partial charge >= 0.3 is 5.97 Å². The lowest BCUT2D eigenvalue weighted by Crippen LogP contribution is -2.32. The van der Waals surface area contributed by atoms with Crippen molar-refractivity contribution in [3.63, 3.8) is 0 Å². The molecule has 0 saturated heterocycles. The molecule has 0 saturated carbocycles. The summed E-state index contributed by atoms with van der Waals surface area (Å²) in [6.45, 7) is 0. The Morgan fingerprint density at radius 2 is 1.85 bits per heavy atom. The summed E-state index contributed by atoms with van der Waals surface area (Å²) in [4.78, 5) is 10.7. The third-order valence-electron chi connectivity index (χ3n) is 2.95. The fourth-order valence-corrected chi connectivity index (χ4v) is 1.93. The lowest BCUT2D eigenvalue weighted by Gasteiger charge is -2.10. The molecule has 3 N–H and O–H groups in total. The van der Waals surface area contributed by atoms with Gasteiger partial charge in [-0.1, -0.05) is 30.3 Å². The normalized spacial score (nSPS) is 12.2. The fraction of sp³-hybridized carbons (Fsp3) is 0.133. The molecule has 0 aromatic heterocycles. The van der Waals surface area contributed by atoms with Crippen LogP contribution < -0.4 is 5.73 Å². The molecule has 3 nitrogen and oxygen atoms in total. The highest BCUT2D eigenvalue weighted by Crippen LogP contribution is 2.26. The second-order valence-corrected chi connectivity index (χ2v) is 4.45. The van der Waals surface area contributed by atoms with Crippen molar-refractivity contribution >= 4 is 5.97 Å². The minimum atomic E-state index is -1.18. The van der Waals surface area contributed by atoms with Gasteiger partial charge in [0, 0.05) is 5.56 Å². The third-order valence-corrected chi connectivity index (χ3v) is 2.95. The predicted molar refractivity (Wildman–Crippen MR) is 71.1 cm³/mol. The van der Waals surface area contributed by atoms with Crippen molar-refractivity contribution in [2.75, 3.05) is 0 Å². The quantitative estimate of drug-likeness (QED) is 0.902. The van der Waals surface area contributed by atoms with E-state index in [9.17, 15) is 13.6 Å². The molecule has 0 radical (unpaired) electrons. The summed E-state index contributed by atoms with van der Waals surface area (Å²) >= 11 is 0. The van der Waals surface area contributed by atoms with Crippen molar-refractivity contribution in [2.45, 2.75) is 12.5 Å². The first-order valence-electron chi connectivity index (χ1n) is 6.00. The Morgan fingerprint density at radius 3 is 2.45 bits per heavy atom. The first kappa shape index (κ1) is 14.1. The van der Waals surface area contributed by atoms with Crippen LogP contribution in [0.15, 0.2) is 42.5 Å². The molecule has 0 aliphatic rings. The molecule has 0 spiro atoms. The number of hydrogen-bond acceptors (Lipinski definition) is 2. The summed E-state index contributed by atoms with van der Waals surface area (Å²) in [7, 11) is 0. The Morgan fingerprint density at radius 1 is 1.20 bits per heavy atom. The van der Waals surface area contributed by atoms with Gasteiger partial charge in [-0.15, -0.1) is 0 Å². The zero-order valence-corrected chi connectivity index (χ0v) is 10.5. The third kappa shape index (κ3) is 3.00. The Labute approximate surface area is 114 Å². The number of rotatable bonds is 4. The Hall–Kier alpha value is -2.27. The molecule has 1 atom stereocenters. The van der Waals surface area contributed by atoms with Crippen LogP contribution in [0.3, 0.4) is 0 Å². The van der Waals surface area contributed by atoms with Gasteiger partial charge in [-0.05, 0) is 29.7 Å². The van der Waals surface area contributed by atoms with E-state index in [0.29, 0.717) is 11.1 Å². The minimum absolute atomic E-state index is 0.0631. The number of hydrogen-bond donors (Lipinski definition) is 2. The van der Waals surface area contributed by atoms with Crippen molar-refractivity contribution in [1.29, 1.82) is 0 Å². The molecular weight excluding hydrogens is 264 g/mol. The molecule has 2 aromatic rings. The molecule has 2 rings (SSSR count). The van der Waals surface area contributed by atoms with E-state index in [2.05, 4.69) is 0 Å². The van der Waals surface area contributed by atoms with E-state index in [1.807, 2.05) is 0 Å². The van der Waals surface area contributed by atoms with E-state index < -0.39 is 23.6 Å². The monoisotopic (exact) mass is 277 g/mol. The van der Waals surface area contributed by atoms with Crippen LogP contribution in [-0.2, 0) is 11.2 Å². The average molecular weight is 277 g/mol. The van der Waals surface area contributed by atoms with Crippen LogP contribution >= 0.6 is 0 Å². The zero-order chi connectivity index (χ0) is 14.7. The van der Waals surface area contributed by atoms with Gasteiger partial charge in [-0.3, -0.25) is 4.79 Å². The van der Waals surface area contributed by atoms with Crippen LogP contribution in [0, 0.1) is 11.6 Å². The molecule has 0 aliphatic carbocycles.